The number of hydrogen-bond donors (Lipinski definition) is 1. The molecule has 1 aliphatic rings. The summed E-state index contributed by atoms with van der Waals surface area (Å²) in [4.78, 5) is 6.18. The van der Waals surface area contributed by atoms with Crippen molar-refractivity contribution < 1.29 is 4.42 Å². The molecular weight excluding hydrogens is 394 g/mol. The van der Waals surface area contributed by atoms with Gasteiger partial charge >= 0.3 is 0 Å². The lowest BCUT2D eigenvalue weighted by molar-refractivity contribution is 0.554. The predicted octanol–water partition coefficient (Wildman–Crippen LogP) is 4.12. The zero-order valence-electron chi connectivity index (χ0n) is 14.8. The van der Waals surface area contributed by atoms with Gasteiger partial charge in [0.2, 0.25) is 5.88 Å². The van der Waals surface area contributed by atoms with Crippen LogP contribution in [0, 0.1) is 29.6 Å². The van der Waals surface area contributed by atoms with Crippen LogP contribution in [0.3, 0.4) is 0 Å². The molecule has 0 saturated carbocycles. The number of nitrogens with zero attached hydrogens (tertiary/aromatic N) is 4. The molecule has 2 heterocycles. The molecule has 3 rings (SSSR count). The Balaban J connectivity index is 2.28. The van der Waals surface area contributed by atoms with E-state index in [0.29, 0.717) is 34.0 Å². The largest absolute Gasteiger partial charge is 0.440 e. The van der Waals surface area contributed by atoms with Gasteiger partial charge in [-0.15, -0.1) is 0 Å². The maximum Gasteiger partial charge on any atom is 0.209 e. The number of rotatable bonds is 2. The Bertz CT molecular complexity index is 1080. The Morgan fingerprint density at radius 1 is 1.27 bits per heavy atom. The minimum atomic E-state index is 0.140. The highest BCUT2D eigenvalue weighted by Gasteiger charge is 2.30. The highest BCUT2D eigenvalue weighted by atomic mass is 79.9. The van der Waals surface area contributed by atoms with E-state index < -0.39 is 0 Å². The van der Waals surface area contributed by atoms with Gasteiger partial charge in [0, 0.05) is 25.7 Å². The minimum absolute atomic E-state index is 0.140. The molecule has 26 heavy (non-hydrogen) atoms. The standard InChI is InChI=1S/C19H16BrN5O/c1-9-12(5-11-6-15(20)19(26-11)25(3)4)16-10(2)14(8-22)18(23)24-17(16)13(9)7-21/h5-6H,1-4H3,(H2,23,24)/b12-5-. The number of nitrogens with two attached hydrogens (primary N) is 1. The van der Waals surface area contributed by atoms with Crippen molar-refractivity contribution in [2.24, 2.45) is 0 Å². The third-order valence-electron chi connectivity index (χ3n) is 4.36. The van der Waals surface area contributed by atoms with Gasteiger partial charge in [0.15, 0.2) is 0 Å². The average Bonchev–Trinajstić information content (AvgIpc) is 3.06. The Hall–Kier alpha value is -3.03. The first-order valence-electron chi connectivity index (χ1n) is 7.80. The lowest BCUT2D eigenvalue weighted by Gasteiger charge is -2.10. The third-order valence-corrected chi connectivity index (χ3v) is 4.93. The summed E-state index contributed by atoms with van der Waals surface area (Å²) >= 11 is 3.49. The van der Waals surface area contributed by atoms with Crippen molar-refractivity contribution in [2.45, 2.75) is 13.8 Å². The molecule has 0 saturated heterocycles. The fourth-order valence-electron chi connectivity index (χ4n) is 3.09. The number of allylic oxidation sites excluding steroid dienone is 3. The quantitative estimate of drug-likeness (QED) is 0.799. The van der Waals surface area contributed by atoms with Crippen LogP contribution in [0.15, 0.2) is 20.5 Å². The van der Waals surface area contributed by atoms with E-state index in [2.05, 4.69) is 33.1 Å². The summed E-state index contributed by atoms with van der Waals surface area (Å²) in [5.74, 6) is 1.47. The van der Waals surface area contributed by atoms with E-state index in [1.165, 1.54) is 0 Å². The number of aromatic nitrogens is 1. The van der Waals surface area contributed by atoms with Gasteiger partial charge in [-0.2, -0.15) is 10.5 Å². The molecule has 1 aliphatic carbocycles. The van der Waals surface area contributed by atoms with E-state index in [1.807, 2.05) is 45.0 Å². The number of hydrogen-bond acceptors (Lipinski definition) is 6. The van der Waals surface area contributed by atoms with Crippen LogP contribution >= 0.6 is 15.9 Å². The van der Waals surface area contributed by atoms with E-state index in [1.54, 1.807) is 0 Å². The molecule has 2 aromatic rings. The number of nitrogen functional groups attached to an aromatic ring is 1. The molecule has 0 bridgehead atoms. The highest BCUT2D eigenvalue weighted by molar-refractivity contribution is 9.10. The minimum Gasteiger partial charge on any atom is -0.440 e. The van der Waals surface area contributed by atoms with Crippen LogP contribution in [0.25, 0.3) is 17.2 Å². The maximum atomic E-state index is 9.58. The molecule has 0 unspecified atom stereocenters. The molecular formula is C19H16BrN5O. The SMILES string of the molecule is CC1=C(C#N)c2nc(N)c(C#N)c(C)c2/C1=C\c1cc(Br)c(N(C)C)o1. The van der Waals surface area contributed by atoms with Crippen molar-refractivity contribution in [1.29, 1.82) is 10.5 Å². The van der Waals surface area contributed by atoms with Gasteiger partial charge in [-0.1, -0.05) is 0 Å². The van der Waals surface area contributed by atoms with Gasteiger partial charge in [0.25, 0.3) is 0 Å². The topological polar surface area (TPSA) is 103 Å². The third kappa shape index (κ3) is 2.58. The summed E-state index contributed by atoms with van der Waals surface area (Å²) in [7, 11) is 3.78. The molecule has 0 spiro atoms. The zero-order valence-corrected chi connectivity index (χ0v) is 16.4. The summed E-state index contributed by atoms with van der Waals surface area (Å²) in [5.41, 5.74) is 10.3. The molecule has 2 aromatic heterocycles. The van der Waals surface area contributed by atoms with Crippen LogP contribution in [0.2, 0.25) is 0 Å². The van der Waals surface area contributed by atoms with Gasteiger partial charge in [-0.25, -0.2) is 4.98 Å². The van der Waals surface area contributed by atoms with Gasteiger partial charge in [0.05, 0.1) is 21.3 Å². The second-order valence-electron chi connectivity index (χ2n) is 6.20. The van der Waals surface area contributed by atoms with Gasteiger partial charge in [0.1, 0.15) is 23.7 Å². The molecule has 0 radical (unpaired) electrons. The summed E-state index contributed by atoms with van der Waals surface area (Å²) in [5, 5.41) is 19.0. The average molecular weight is 410 g/mol. The summed E-state index contributed by atoms with van der Waals surface area (Å²) in [6, 6.07) is 6.17. The van der Waals surface area contributed by atoms with Crippen molar-refractivity contribution in [1.82, 2.24) is 4.98 Å². The Kier molecular flexibility index (Phi) is 4.35. The van der Waals surface area contributed by atoms with Crippen LogP contribution in [0.1, 0.15) is 35.1 Å². The van der Waals surface area contributed by atoms with Crippen LogP contribution < -0.4 is 10.6 Å². The Morgan fingerprint density at radius 2 is 1.96 bits per heavy atom. The molecule has 0 aromatic carbocycles. The van der Waals surface area contributed by atoms with Crippen molar-refractivity contribution in [2.75, 3.05) is 24.7 Å². The van der Waals surface area contributed by atoms with Crippen LogP contribution in [0.4, 0.5) is 11.7 Å². The second-order valence-corrected chi connectivity index (χ2v) is 7.05. The number of furan rings is 1. The smallest absolute Gasteiger partial charge is 0.209 e. The molecule has 130 valence electrons. The number of anilines is 2. The van der Waals surface area contributed by atoms with E-state index in [-0.39, 0.29) is 5.82 Å². The molecule has 7 heteroatoms. The van der Waals surface area contributed by atoms with Gasteiger partial charge in [-0.3, -0.25) is 0 Å². The molecule has 0 fully saturated rings. The predicted molar refractivity (Wildman–Crippen MR) is 105 cm³/mol. The van der Waals surface area contributed by atoms with Gasteiger partial charge in [-0.05, 0) is 52.6 Å². The van der Waals surface area contributed by atoms with E-state index in [9.17, 15) is 10.5 Å². The molecule has 0 aliphatic heterocycles. The lowest BCUT2D eigenvalue weighted by Crippen LogP contribution is -2.07. The van der Waals surface area contributed by atoms with Crippen molar-refractivity contribution in [3.8, 4) is 12.1 Å². The molecule has 6 nitrogen and oxygen atoms in total. The van der Waals surface area contributed by atoms with Crippen molar-refractivity contribution >= 4 is 44.9 Å². The van der Waals surface area contributed by atoms with Crippen LogP contribution in [-0.4, -0.2) is 19.1 Å². The van der Waals surface area contributed by atoms with E-state index >= 15 is 0 Å². The zero-order chi connectivity index (χ0) is 19.2. The highest BCUT2D eigenvalue weighted by Crippen LogP contribution is 2.44. The number of nitriles is 2. The number of halogens is 1. The van der Waals surface area contributed by atoms with Crippen molar-refractivity contribution in [3.63, 3.8) is 0 Å². The normalized spacial score (nSPS) is 14.3. The van der Waals surface area contributed by atoms with Crippen LogP contribution in [0.5, 0.6) is 0 Å². The number of pyridine rings is 1. The van der Waals surface area contributed by atoms with Crippen molar-refractivity contribution in [3.05, 3.63) is 44.3 Å². The molecule has 2 N–H and O–H groups in total. The first kappa shape index (κ1) is 17.8. The fraction of sp³-hybridized carbons (Fsp3) is 0.211. The lowest BCUT2D eigenvalue weighted by atomic mass is 9.96. The summed E-state index contributed by atoms with van der Waals surface area (Å²) < 4.78 is 6.71. The number of fused-ring (bicyclic) bond motifs is 1. The van der Waals surface area contributed by atoms with E-state index in [4.69, 9.17) is 10.2 Å². The summed E-state index contributed by atoms with van der Waals surface area (Å²) in [6.45, 7) is 3.68. The Morgan fingerprint density at radius 3 is 2.50 bits per heavy atom. The fourth-order valence-corrected chi connectivity index (χ4v) is 3.75. The Labute approximate surface area is 160 Å². The second kappa shape index (κ2) is 6.36. The monoisotopic (exact) mass is 409 g/mol. The van der Waals surface area contributed by atoms with Gasteiger partial charge < -0.3 is 15.1 Å². The molecule has 0 atom stereocenters. The molecule has 0 amide bonds. The first-order valence-corrected chi connectivity index (χ1v) is 8.60. The van der Waals surface area contributed by atoms with Crippen LogP contribution in [-0.2, 0) is 0 Å². The first-order chi connectivity index (χ1) is 12.3. The maximum absolute atomic E-state index is 9.58. The summed E-state index contributed by atoms with van der Waals surface area (Å²) in [6.07, 6.45) is 1.86. The van der Waals surface area contributed by atoms with E-state index in [0.717, 1.165) is 21.2 Å².